The van der Waals surface area contributed by atoms with Crippen molar-refractivity contribution in [3.8, 4) is 0 Å². The molecule has 3 heteroatoms. The number of Topliss-reactive ketones (excluding diaryl/α,β-unsaturated/α-hetero) is 1. The maximum Gasteiger partial charge on any atom is 0.205 e. The highest BCUT2D eigenvalue weighted by Gasteiger charge is 2.13. The molecule has 0 aliphatic rings. The Bertz CT molecular complexity index is 276. The van der Waals surface area contributed by atoms with Crippen molar-refractivity contribution in [3.05, 3.63) is 17.5 Å². The van der Waals surface area contributed by atoms with E-state index in [4.69, 9.17) is 4.52 Å². The Labute approximate surface area is 71.7 Å². The lowest BCUT2D eigenvalue weighted by atomic mass is 10.0. The Hall–Kier alpha value is -1.12. The van der Waals surface area contributed by atoms with Crippen LogP contribution in [0, 0.1) is 5.92 Å². The zero-order chi connectivity index (χ0) is 9.14. The summed E-state index contributed by atoms with van der Waals surface area (Å²) in [6.45, 7) is 5.68. The van der Waals surface area contributed by atoms with Gasteiger partial charge < -0.3 is 4.52 Å². The number of carbonyl (C=O) groups excluding carboxylic acids is 1. The van der Waals surface area contributed by atoms with E-state index in [-0.39, 0.29) is 5.78 Å². The molecule has 0 N–H and O–H groups in total. The Morgan fingerprint density at radius 1 is 1.67 bits per heavy atom. The van der Waals surface area contributed by atoms with Crippen molar-refractivity contribution in [2.45, 2.75) is 27.2 Å². The molecule has 0 radical (unpaired) electrons. The van der Waals surface area contributed by atoms with E-state index in [1.807, 2.05) is 0 Å². The van der Waals surface area contributed by atoms with E-state index in [0.29, 0.717) is 11.7 Å². The summed E-state index contributed by atoms with van der Waals surface area (Å²) < 4.78 is 4.83. The maximum absolute atomic E-state index is 11.0. The van der Waals surface area contributed by atoms with Crippen molar-refractivity contribution in [2.24, 2.45) is 5.92 Å². The van der Waals surface area contributed by atoms with Crippen LogP contribution >= 0.6 is 0 Å². The first-order chi connectivity index (χ1) is 5.61. The van der Waals surface area contributed by atoms with E-state index >= 15 is 0 Å². The largest absolute Gasteiger partial charge is 0.353 e. The van der Waals surface area contributed by atoms with Crippen LogP contribution in [-0.2, 0) is 6.42 Å². The van der Waals surface area contributed by atoms with Crippen molar-refractivity contribution in [2.75, 3.05) is 0 Å². The Balaban J connectivity index is 2.84. The van der Waals surface area contributed by atoms with Crippen molar-refractivity contribution >= 4 is 5.78 Å². The fourth-order valence-electron chi connectivity index (χ4n) is 1.14. The number of hydrogen-bond acceptors (Lipinski definition) is 3. The lowest BCUT2D eigenvalue weighted by molar-refractivity contribution is 0.0977. The molecule has 0 saturated heterocycles. The smallest absolute Gasteiger partial charge is 0.205 e. The van der Waals surface area contributed by atoms with Crippen LogP contribution in [0.2, 0.25) is 0 Å². The van der Waals surface area contributed by atoms with E-state index in [1.165, 1.54) is 6.92 Å². The van der Waals surface area contributed by atoms with Gasteiger partial charge in [0.25, 0.3) is 0 Å². The van der Waals surface area contributed by atoms with Crippen LogP contribution in [0.3, 0.4) is 0 Å². The van der Waals surface area contributed by atoms with Crippen LogP contribution in [0.1, 0.15) is 36.9 Å². The lowest BCUT2D eigenvalue weighted by Crippen LogP contribution is -1.99. The third-order valence-electron chi connectivity index (χ3n) is 1.59. The number of nitrogens with zero attached hydrogens (tertiary/aromatic N) is 1. The first-order valence-corrected chi connectivity index (χ1v) is 4.05. The molecule has 0 aromatic carbocycles. The first kappa shape index (κ1) is 8.97. The molecule has 0 atom stereocenters. The van der Waals surface area contributed by atoms with E-state index in [0.717, 1.165) is 12.0 Å². The van der Waals surface area contributed by atoms with E-state index < -0.39 is 0 Å². The normalized spacial score (nSPS) is 10.7. The van der Waals surface area contributed by atoms with Gasteiger partial charge in [-0.25, -0.2) is 0 Å². The summed E-state index contributed by atoms with van der Waals surface area (Å²) in [6, 6.07) is 0. The Morgan fingerprint density at radius 2 is 2.33 bits per heavy atom. The van der Waals surface area contributed by atoms with Gasteiger partial charge in [0, 0.05) is 12.5 Å². The summed E-state index contributed by atoms with van der Waals surface area (Å²) in [7, 11) is 0. The molecule has 1 aromatic heterocycles. The lowest BCUT2D eigenvalue weighted by Gasteiger charge is -2.00. The van der Waals surface area contributed by atoms with Crippen LogP contribution in [0.15, 0.2) is 10.7 Å². The number of rotatable bonds is 3. The van der Waals surface area contributed by atoms with Crippen LogP contribution in [-0.4, -0.2) is 10.9 Å². The van der Waals surface area contributed by atoms with Gasteiger partial charge in [-0.3, -0.25) is 4.79 Å². The molecule has 0 amide bonds. The summed E-state index contributed by atoms with van der Waals surface area (Å²) in [5, 5.41) is 3.60. The van der Waals surface area contributed by atoms with Crippen LogP contribution in [0.4, 0.5) is 0 Å². The quantitative estimate of drug-likeness (QED) is 0.647. The van der Waals surface area contributed by atoms with Crippen LogP contribution in [0.25, 0.3) is 0 Å². The molecular weight excluding hydrogens is 154 g/mol. The molecule has 0 aliphatic heterocycles. The van der Waals surface area contributed by atoms with Crippen LogP contribution in [0.5, 0.6) is 0 Å². The number of hydrogen-bond donors (Lipinski definition) is 0. The third kappa shape index (κ3) is 1.94. The second-order valence-electron chi connectivity index (χ2n) is 3.33. The minimum atomic E-state index is -0.0526. The Kier molecular flexibility index (Phi) is 2.63. The molecule has 0 spiro atoms. The fourth-order valence-corrected chi connectivity index (χ4v) is 1.14. The molecule has 0 unspecified atom stereocenters. The highest BCUT2D eigenvalue weighted by atomic mass is 16.5. The summed E-state index contributed by atoms with van der Waals surface area (Å²) in [4.78, 5) is 11.0. The summed E-state index contributed by atoms with van der Waals surface area (Å²) in [5.74, 6) is 0.870. The molecule has 0 aliphatic carbocycles. The van der Waals surface area contributed by atoms with E-state index in [9.17, 15) is 4.79 Å². The molecule has 12 heavy (non-hydrogen) atoms. The van der Waals surface area contributed by atoms with Gasteiger partial charge in [-0.2, -0.15) is 0 Å². The van der Waals surface area contributed by atoms with Gasteiger partial charge in [0.15, 0.2) is 5.78 Å². The Morgan fingerprint density at radius 3 is 2.83 bits per heavy atom. The highest BCUT2D eigenvalue weighted by Crippen LogP contribution is 2.13. The maximum atomic E-state index is 11.0. The molecule has 1 heterocycles. The topological polar surface area (TPSA) is 43.1 Å². The predicted octanol–water partition coefficient (Wildman–Crippen LogP) is 2.08. The van der Waals surface area contributed by atoms with Crippen molar-refractivity contribution < 1.29 is 9.32 Å². The zero-order valence-corrected chi connectivity index (χ0v) is 7.63. The molecule has 66 valence electrons. The molecule has 1 rings (SSSR count). The van der Waals surface area contributed by atoms with Crippen molar-refractivity contribution in [1.29, 1.82) is 0 Å². The molecular formula is C9H13NO2. The number of aromatic nitrogens is 1. The van der Waals surface area contributed by atoms with Gasteiger partial charge in [-0.1, -0.05) is 19.0 Å². The SMILES string of the molecule is CC(=O)c1oncc1CC(C)C. The zero-order valence-electron chi connectivity index (χ0n) is 7.63. The van der Waals surface area contributed by atoms with Gasteiger partial charge in [0.05, 0.1) is 6.20 Å². The highest BCUT2D eigenvalue weighted by molar-refractivity contribution is 5.92. The molecule has 1 aromatic rings. The molecule has 0 bridgehead atoms. The van der Waals surface area contributed by atoms with Crippen LogP contribution < -0.4 is 0 Å². The van der Waals surface area contributed by atoms with E-state index in [1.54, 1.807) is 6.20 Å². The van der Waals surface area contributed by atoms with Gasteiger partial charge >= 0.3 is 0 Å². The molecule has 0 saturated carbocycles. The second-order valence-corrected chi connectivity index (χ2v) is 3.33. The van der Waals surface area contributed by atoms with Gasteiger partial charge in [0.2, 0.25) is 5.76 Å². The minimum absolute atomic E-state index is 0.0526. The fraction of sp³-hybridized carbons (Fsp3) is 0.556. The van der Waals surface area contributed by atoms with Gasteiger partial charge in [-0.05, 0) is 12.3 Å². The average Bonchev–Trinajstić information content (AvgIpc) is 2.33. The number of carbonyl (C=O) groups is 1. The summed E-state index contributed by atoms with van der Waals surface area (Å²) >= 11 is 0. The third-order valence-corrected chi connectivity index (χ3v) is 1.59. The summed E-state index contributed by atoms with van der Waals surface area (Å²) in [5.41, 5.74) is 0.914. The molecule has 3 nitrogen and oxygen atoms in total. The minimum Gasteiger partial charge on any atom is -0.353 e. The standard InChI is InChI=1S/C9H13NO2/c1-6(2)4-8-5-10-12-9(8)7(3)11/h5-6H,4H2,1-3H3. The predicted molar refractivity (Wildman–Crippen MR) is 45.0 cm³/mol. The summed E-state index contributed by atoms with van der Waals surface area (Å²) in [6.07, 6.45) is 2.47. The number of ketones is 1. The molecule has 0 fully saturated rings. The van der Waals surface area contributed by atoms with E-state index in [2.05, 4.69) is 19.0 Å². The van der Waals surface area contributed by atoms with Crippen molar-refractivity contribution in [1.82, 2.24) is 5.16 Å². The first-order valence-electron chi connectivity index (χ1n) is 4.05. The van der Waals surface area contributed by atoms with Gasteiger partial charge in [-0.15, -0.1) is 0 Å². The second kappa shape index (κ2) is 3.52. The average molecular weight is 167 g/mol. The monoisotopic (exact) mass is 167 g/mol. The van der Waals surface area contributed by atoms with Crippen molar-refractivity contribution in [3.63, 3.8) is 0 Å². The van der Waals surface area contributed by atoms with Gasteiger partial charge in [0.1, 0.15) is 0 Å².